The van der Waals surface area contributed by atoms with Gasteiger partial charge in [-0.1, -0.05) is 13.8 Å². The van der Waals surface area contributed by atoms with Crippen molar-refractivity contribution in [3.63, 3.8) is 0 Å². The lowest BCUT2D eigenvalue weighted by Gasteiger charge is -2.35. The number of amides is 1. The smallest absolute Gasteiger partial charge is 0.332 e. The molecule has 1 saturated heterocycles. The summed E-state index contributed by atoms with van der Waals surface area (Å²) in [6, 6.07) is 3.29. The second-order valence-electron chi connectivity index (χ2n) is 7.61. The van der Waals surface area contributed by atoms with Crippen LogP contribution >= 0.6 is 0 Å². The van der Waals surface area contributed by atoms with Gasteiger partial charge < -0.3 is 14.1 Å². The van der Waals surface area contributed by atoms with Gasteiger partial charge in [-0.25, -0.2) is 4.68 Å². The second-order valence-corrected chi connectivity index (χ2v) is 7.61. The van der Waals surface area contributed by atoms with E-state index in [4.69, 9.17) is 9.15 Å². The molecule has 2 aliphatic heterocycles. The van der Waals surface area contributed by atoms with E-state index in [0.29, 0.717) is 31.9 Å². The van der Waals surface area contributed by atoms with Gasteiger partial charge in [0.2, 0.25) is 0 Å². The predicted molar refractivity (Wildman–Crippen MR) is 94.3 cm³/mol. The largest absolute Gasteiger partial charge is 0.459 e. The Labute approximate surface area is 155 Å². The molecule has 0 saturated carbocycles. The van der Waals surface area contributed by atoms with Gasteiger partial charge in [-0.15, -0.1) is 0 Å². The van der Waals surface area contributed by atoms with E-state index in [-0.39, 0.29) is 30.7 Å². The Kier molecular flexibility index (Phi) is 4.26. The number of hydrogen-bond donors (Lipinski definition) is 0. The van der Waals surface area contributed by atoms with Crippen LogP contribution in [0.4, 0.5) is 0 Å². The maximum atomic E-state index is 12.6. The van der Waals surface area contributed by atoms with Crippen LogP contribution in [0.25, 0.3) is 0 Å². The predicted octanol–water partition coefficient (Wildman–Crippen LogP) is 0.469. The number of aromatic nitrogens is 3. The number of carbonyl (C=O) groups excluding carboxylic acids is 1. The van der Waals surface area contributed by atoms with Crippen molar-refractivity contribution in [2.24, 2.45) is 5.92 Å². The lowest BCUT2D eigenvalue weighted by molar-refractivity contribution is -0.0844. The quantitative estimate of drug-likeness (QED) is 0.724. The number of rotatable bonds is 3. The molecule has 0 aromatic carbocycles. The average Bonchev–Trinajstić information content (AvgIpc) is 3.30. The Morgan fingerprint density at radius 2 is 2.11 bits per heavy atom. The topological polar surface area (TPSA) is 99.6 Å². The molecular weight excluding hydrogens is 352 g/mol. The van der Waals surface area contributed by atoms with E-state index in [2.05, 4.69) is 5.10 Å². The monoisotopic (exact) mass is 374 g/mol. The molecule has 1 fully saturated rings. The van der Waals surface area contributed by atoms with Crippen molar-refractivity contribution in [2.45, 2.75) is 45.6 Å². The fourth-order valence-corrected chi connectivity index (χ4v) is 3.69. The van der Waals surface area contributed by atoms with Gasteiger partial charge in [0.05, 0.1) is 19.4 Å². The van der Waals surface area contributed by atoms with Crippen LogP contribution in [0.15, 0.2) is 32.4 Å². The Bertz CT molecular complexity index is 975. The molecule has 9 heteroatoms. The minimum atomic E-state index is -0.683. The summed E-state index contributed by atoms with van der Waals surface area (Å²) in [6.45, 7) is 5.50. The lowest BCUT2D eigenvalue weighted by Crippen LogP contribution is -2.53. The molecule has 4 heterocycles. The molecule has 1 unspecified atom stereocenters. The summed E-state index contributed by atoms with van der Waals surface area (Å²) < 4.78 is 13.9. The van der Waals surface area contributed by atoms with E-state index >= 15 is 0 Å². The van der Waals surface area contributed by atoms with E-state index in [1.54, 1.807) is 17.0 Å². The number of ether oxygens (including phenoxy) is 1. The van der Waals surface area contributed by atoms with E-state index in [1.807, 2.05) is 13.8 Å². The van der Waals surface area contributed by atoms with Crippen molar-refractivity contribution in [1.29, 1.82) is 0 Å². The Hall–Kier alpha value is -2.68. The molecule has 0 bridgehead atoms. The SMILES string of the molecule is CC(C)Cn1nc2n(c(=O)c1=O)CC1(CCN(C(=O)c3ccco3)C1)OC2. The van der Waals surface area contributed by atoms with Crippen molar-refractivity contribution in [2.75, 3.05) is 13.1 Å². The first-order valence-electron chi connectivity index (χ1n) is 9.06. The molecule has 0 aliphatic carbocycles. The van der Waals surface area contributed by atoms with Crippen molar-refractivity contribution in [1.82, 2.24) is 19.2 Å². The standard InChI is InChI=1S/C18H22N4O5/c1-12(2)8-22-17(25)16(24)21-11-18(27-9-14(21)19-22)5-6-20(10-18)15(23)13-4-3-7-26-13/h3-4,7,12H,5-6,8-11H2,1-2H3. The normalized spacial score (nSPS) is 21.8. The zero-order valence-corrected chi connectivity index (χ0v) is 15.4. The van der Waals surface area contributed by atoms with Crippen LogP contribution in [-0.2, 0) is 24.4 Å². The molecule has 2 aliphatic rings. The molecule has 0 N–H and O–H groups in total. The van der Waals surface area contributed by atoms with Crippen LogP contribution in [0.5, 0.6) is 0 Å². The summed E-state index contributed by atoms with van der Waals surface area (Å²) in [5, 5.41) is 4.31. The molecule has 2 aromatic rings. The molecule has 9 nitrogen and oxygen atoms in total. The number of carbonyl (C=O) groups is 1. The van der Waals surface area contributed by atoms with Crippen LogP contribution in [0, 0.1) is 5.92 Å². The number of likely N-dealkylation sites (tertiary alicyclic amines) is 1. The van der Waals surface area contributed by atoms with E-state index in [0.717, 1.165) is 0 Å². The Morgan fingerprint density at radius 3 is 2.81 bits per heavy atom. The number of furan rings is 1. The molecule has 1 amide bonds. The summed E-state index contributed by atoms with van der Waals surface area (Å²) >= 11 is 0. The fourth-order valence-electron chi connectivity index (χ4n) is 3.69. The zero-order chi connectivity index (χ0) is 19.2. The number of hydrogen-bond acceptors (Lipinski definition) is 6. The maximum Gasteiger partial charge on any atom is 0.332 e. The van der Waals surface area contributed by atoms with Crippen LogP contribution in [-0.4, -0.2) is 43.8 Å². The summed E-state index contributed by atoms with van der Waals surface area (Å²) in [5.41, 5.74) is -1.89. The summed E-state index contributed by atoms with van der Waals surface area (Å²) in [7, 11) is 0. The summed E-state index contributed by atoms with van der Waals surface area (Å²) in [6.07, 6.45) is 2.04. The Morgan fingerprint density at radius 1 is 1.30 bits per heavy atom. The molecule has 4 rings (SSSR count). The van der Waals surface area contributed by atoms with Gasteiger partial charge in [-0.3, -0.25) is 19.0 Å². The highest BCUT2D eigenvalue weighted by molar-refractivity contribution is 5.91. The molecule has 0 radical (unpaired) electrons. The van der Waals surface area contributed by atoms with E-state index < -0.39 is 16.7 Å². The highest BCUT2D eigenvalue weighted by Crippen LogP contribution is 2.31. The summed E-state index contributed by atoms with van der Waals surface area (Å²) in [5.74, 6) is 0.717. The van der Waals surface area contributed by atoms with Gasteiger partial charge in [-0.05, 0) is 24.5 Å². The third kappa shape index (κ3) is 3.12. The molecule has 2 aromatic heterocycles. The van der Waals surface area contributed by atoms with E-state index in [9.17, 15) is 14.4 Å². The van der Waals surface area contributed by atoms with Gasteiger partial charge in [0.1, 0.15) is 12.2 Å². The minimum Gasteiger partial charge on any atom is -0.459 e. The third-order valence-electron chi connectivity index (χ3n) is 5.04. The van der Waals surface area contributed by atoms with Crippen molar-refractivity contribution in [3.8, 4) is 0 Å². The molecule has 27 heavy (non-hydrogen) atoms. The first-order chi connectivity index (χ1) is 12.9. The molecular formula is C18H22N4O5. The van der Waals surface area contributed by atoms with E-state index in [1.165, 1.54) is 15.5 Å². The van der Waals surface area contributed by atoms with Gasteiger partial charge in [-0.2, -0.15) is 5.10 Å². The van der Waals surface area contributed by atoms with Gasteiger partial charge in [0, 0.05) is 13.1 Å². The lowest BCUT2D eigenvalue weighted by atomic mass is 10.0. The molecule has 144 valence electrons. The number of nitrogens with zero attached hydrogens (tertiary/aromatic N) is 4. The van der Waals surface area contributed by atoms with Crippen LogP contribution in [0.1, 0.15) is 36.6 Å². The van der Waals surface area contributed by atoms with Crippen molar-refractivity contribution >= 4 is 5.91 Å². The average molecular weight is 374 g/mol. The van der Waals surface area contributed by atoms with Gasteiger partial charge in [0.15, 0.2) is 11.6 Å². The van der Waals surface area contributed by atoms with Crippen molar-refractivity contribution < 1.29 is 13.9 Å². The van der Waals surface area contributed by atoms with Gasteiger partial charge in [0.25, 0.3) is 5.91 Å². The van der Waals surface area contributed by atoms with Crippen molar-refractivity contribution in [3.05, 3.63) is 50.7 Å². The maximum absolute atomic E-state index is 12.6. The van der Waals surface area contributed by atoms with Crippen LogP contribution in [0.3, 0.4) is 0 Å². The highest BCUT2D eigenvalue weighted by atomic mass is 16.5. The minimum absolute atomic E-state index is 0.135. The third-order valence-corrected chi connectivity index (χ3v) is 5.04. The molecule has 1 spiro atoms. The first-order valence-corrected chi connectivity index (χ1v) is 9.06. The van der Waals surface area contributed by atoms with Crippen LogP contribution in [0.2, 0.25) is 0 Å². The van der Waals surface area contributed by atoms with Gasteiger partial charge >= 0.3 is 11.1 Å². The summed E-state index contributed by atoms with van der Waals surface area (Å²) in [4.78, 5) is 39.1. The fraction of sp³-hybridized carbons (Fsp3) is 0.556. The van der Waals surface area contributed by atoms with Crippen LogP contribution < -0.4 is 11.1 Å². The first kappa shape index (κ1) is 17.7. The molecule has 1 atom stereocenters. The Balaban J connectivity index is 1.58. The highest BCUT2D eigenvalue weighted by Gasteiger charge is 2.45. The second kappa shape index (κ2) is 6.49. The number of fused-ring (bicyclic) bond motifs is 1. The zero-order valence-electron chi connectivity index (χ0n) is 15.4.